The van der Waals surface area contributed by atoms with Gasteiger partial charge in [0.2, 0.25) is 0 Å². The fourth-order valence-corrected chi connectivity index (χ4v) is 3.17. The van der Waals surface area contributed by atoms with Gasteiger partial charge in [0.15, 0.2) is 0 Å². The zero-order chi connectivity index (χ0) is 16.9. The van der Waals surface area contributed by atoms with E-state index < -0.39 is 5.91 Å². The van der Waals surface area contributed by atoms with Crippen LogP contribution in [0.15, 0.2) is 35.2 Å². The van der Waals surface area contributed by atoms with Crippen LogP contribution in [0.4, 0.5) is 5.69 Å². The van der Waals surface area contributed by atoms with Gasteiger partial charge in [-0.25, -0.2) is 4.98 Å². The van der Waals surface area contributed by atoms with E-state index in [4.69, 9.17) is 4.74 Å². The number of nitrogens with zero attached hydrogens (tertiary/aromatic N) is 2. The molecule has 1 heterocycles. The third-order valence-corrected chi connectivity index (χ3v) is 4.58. The summed E-state index contributed by atoms with van der Waals surface area (Å²) in [6, 6.07) is 9.10. The highest BCUT2D eigenvalue weighted by atomic mass is 32.1. The second-order valence-corrected chi connectivity index (χ2v) is 6.33. The zero-order valence-electron chi connectivity index (χ0n) is 13.3. The van der Waals surface area contributed by atoms with Gasteiger partial charge in [0.25, 0.3) is 5.91 Å². The van der Waals surface area contributed by atoms with E-state index in [1.165, 1.54) is 18.9 Å². The average molecular weight is 339 g/mol. The molecule has 5 nitrogen and oxygen atoms in total. The first-order chi connectivity index (χ1) is 11.7. The highest BCUT2D eigenvalue weighted by Crippen LogP contribution is 2.41. The lowest BCUT2D eigenvalue weighted by Gasteiger charge is -2.10. The highest BCUT2D eigenvalue weighted by molar-refractivity contribution is 7.09. The van der Waals surface area contributed by atoms with Crippen LogP contribution in [0.5, 0.6) is 5.75 Å². The molecule has 2 aromatic rings. The lowest BCUT2D eigenvalue weighted by atomic mass is 10.2. The van der Waals surface area contributed by atoms with Gasteiger partial charge in [-0.05, 0) is 38.0 Å². The smallest absolute Gasteiger partial charge is 0.266 e. The topological polar surface area (TPSA) is 75.0 Å². The van der Waals surface area contributed by atoms with Crippen LogP contribution in [0.25, 0.3) is 6.08 Å². The van der Waals surface area contributed by atoms with Crippen LogP contribution in [0, 0.1) is 11.3 Å². The van der Waals surface area contributed by atoms with E-state index >= 15 is 0 Å². The van der Waals surface area contributed by atoms with Crippen molar-refractivity contribution in [3.63, 3.8) is 0 Å². The van der Waals surface area contributed by atoms with Crippen molar-refractivity contribution in [3.05, 3.63) is 45.9 Å². The number of nitrogens with one attached hydrogen (secondary N) is 1. The standard InChI is InChI=1S/C18H17N3O2S/c1-2-23-16-6-4-3-5-15(16)21-17(22)13(10-19)9-14-11-24-18(20-14)12-7-8-12/h3-6,9,11-12H,2,7-8H2,1H3,(H,21,22)/b13-9-. The first-order valence-electron chi connectivity index (χ1n) is 7.81. The molecule has 1 fully saturated rings. The maximum Gasteiger partial charge on any atom is 0.266 e. The summed E-state index contributed by atoms with van der Waals surface area (Å²) in [5.74, 6) is 0.676. The Balaban J connectivity index is 1.76. The Morgan fingerprint density at radius 2 is 2.29 bits per heavy atom. The number of nitriles is 1. The third kappa shape index (κ3) is 3.81. The number of carbonyl (C=O) groups is 1. The van der Waals surface area contributed by atoms with Crippen molar-refractivity contribution < 1.29 is 9.53 Å². The summed E-state index contributed by atoms with van der Waals surface area (Å²) in [5.41, 5.74) is 1.23. The lowest BCUT2D eigenvalue weighted by Crippen LogP contribution is -2.14. The van der Waals surface area contributed by atoms with Crippen molar-refractivity contribution in [1.29, 1.82) is 5.26 Å². The predicted octanol–water partition coefficient (Wildman–Crippen LogP) is 3.96. The Bertz CT molecular complexity index is 816. The summed E-state index contributed by atoms with van der Waals surface area (Å²) in [4.78, 5) is 16.9. The number of hydrogen-bond acceptors (Lipinski definition) is 5. The Kier molecular flexibility index (Phi) is 4.92. The second kappa shape index (κ2) is 7.28. The Hall–Kier alpha value is -2.65. The fourth-order valence-electron chi connectivity index (χ4n) is 2.22. The quantitative estimate of drug-likeness (QED) is 0.638. The van der Waals surface area contributed by atoms with Crippen LogP contribution in [0.2, 0.25) is 0 Å². The summed E-state index contributed by atoms with van der Waals surface area (Å²) < 4.78 is 5.48. The van der Waals surface area contributed by atoms with Crippen molar-refractivity contribution in [2.75, 3.05) is 11.9 Å². The first-order valence-corrected chi connectivity index (χ1v) is 8.69. The van der Waals surface area contributed by atoms with Crippen molar-refractivity contribution >= 4 is 29.0 Å². The molecular formula is C18H17N3O2S. The minimum Gasteiger partial charge on any atom is -0.492 e. The van der Waals surface area contributed by atoms with Crippen molar-refractivity contribution in [1.82, 2.24) is 4.98 Å². The zero-order valence-corrected chi connectivity index (χ0v) is 14.1. The summed E-state index contributed by atoms with van der Waals surface area (Å²) >= 11 is 1.58. The van der Waals surface area contributed by atoms with Gasteiger partial charge in [0.05, 0.1) is 23.0 Å². The number of aromatic nitrogens is 1. The number of amides is 1. The molecule has 1 aliphatic rings. The summed E-state index contributed by atoms with van der Waals surface area (Å²) in [7, 11) is 0. The van der Waals surface area contributed by atoms with E-state index in [-0.39, 0.29) is 5.57 Å². The molecule has 1 aliphatic carbocycles. The maximum atomic E-state index is 12.4. The van der Waals surface area contributed by atoms with E-state index in [1.807, 2.05) is 24.4 Å². The van der Waals surface area contributed by atoms with E-state index in [0.717, 1.165) is 5.01 Å². The first kappa shape index (κ1) is 16.2. The SMILES string of the molecule is CCOc1ccccc1NC(=O)/C(C#N)=C\c1csc(C2CC2)n1. The van der Waals surface area contributed by atoms with Crippen LogP contribution in [-0.2, 0) is 4.79 Å². The third-order valence-electron chi connectivity index (χ3n) is 3.56. The average Bonchev–Trinajstić information content (AvgIpc) is 3.34. The van der Waals surface area contributed by atoms with E-state index in [1.54, 1.807) is 29.5 Å². The number of para-hydroxylation sites is 2. The van der Waals surface area contributed by atoms with Gasteiger partial charge in [-0.2, -0.15) is 5.26 Å². The molecule has 0 bridgehead atoms. The fraction of sp³-hybridized carbons (Fsp3) is 0.278. The van der Waals surface area contributed by atoms with E-state index in [2.05, 4.69) is 10.3 Å². The van der Waals surface area contributed by atoms with E-state index in [9.17, 15) is 10.1 Å². The molecule has 1 aromatic carbocycles. The molecule has 0 unspecified atom stereocenters. The molecule has 3 rings (SSSR count). The molecule has 0 radical (unpaired) electrons. The van der Waals surface area contributed by atoms with Crippen LogP contribution < -0.4 is 10.1 Å². The number of carbonyl (C=O) groups excluding carboxylic acids is 1. The molecule has 0 aliphatic heterocycles. The van der Waals surface area contributed by atoms with Crippen molar-refractivity contribution in [3.8, 4) is 11.8 Å². The second-order valence-electron chi connectivity index (χ2n) is 5.44. The predicted molar refractivity (Wildman–Crippen MR) is 93.9 cm³/mol. The van der Waals surface area contributed by atoms with Crippen molar-refractivity contribution in [2.45, 2.75) is 25.7 Å². The largest absolute Gasteiger partial charge is 0.492 e. The normalized spacial score (nSPS) is 14.1. The molecule has 0 spiro atoms. The van der Waals surface area contributed by atoms with E-state index in [0.29, 0.717) is 29.7 Å². The monoisotopic (exact) mass is 339 g/mol. The van der Waals surface area contributed by atoms with Crippen LogP contribution in [-0.4, -0.2) is 17.5 Å². The van der Waals surface area contributed by atoms with Crippen molar-refractivity contribution in [2.24, 2.45) is 0 Å². The Morgan fingerprint density at radius 1 is 1.50 bits per heavy atom. The molecule has 1 N–H and O–H groups in total. The molecule has 0 atom stereocenters. The molecule has 1 amide bonds. The van der Waals surface area contributed by atoms with Crippen LogP contribution >= 0.6 is 11.3 Å². The molecule has 24 heavy (non-hydrogen) atoms. The van der Waals surface area contributed by atoms with Gasteiger partial charge >= 0.3 is 0 Å². The summed E-state index contributed by atoms with van der Waals surface area (Å²) in [6.45, 7) is 2.37. The summed E-state index contributed by atoms with van der Waals surface area (Å²) in [6.07, 6.45) is 3.88. The van der Waals surface area contributed by atoms with Gasteiger partial charge in [-0.15, -0.1) is 11.3 Å². The number of hydrogen-bond donors (Lipinski definition) is 1. The number of anilines is 1. The number of benzene rings is 1. The molecule has 122 valence electrons. The number of thiazole rings is 1. The number of ether oxygens (including phenoxy) is 1. The van der Waals surface area contributed by atoms with Gasteiger partial charge in [0.1, 0.15) is 17.4 Å². The van der Waals surface area contributed by atoms with Crippen LogP contribution in [0.1, 0.15) is 36.4 Å². The maximum absolute atomic E-state index is 12.4. The Labute approximate surface area is 144 Å². The molecule has 0 saturated heterocycles. The van der Waals surface area contributed by atoms with Gasteiger partial charge < -0.3 is 10.1 Å². The molecular weight excluding hydrogens is 322 g/mol. The number of rotatable bonds is 6. The van der Waals surface area contributed by atoms with Gasteiger partial charge in [-0.3, -0.25) is 4.79 Å². The van der Waals surface area contributed by atoms with Gasteiger partial charge in [-0.1, -0.05) is 12.1 Å². The minimum absolute atomic E-state index is 0.0222. The van der Waals surface area contributed by atoms with Crippen LogP contribution in [0.3, 0.4) is 0 Å². The Morgan fingerprint density at radius 3 is 3.00 bits per heavy atom. The minimum atomic E-state index is -0.467. The van der Waals surface area contributed by atoms with Gasteiger partial charge in [0, 0.05) is 11.3 Å². The summed E-state index contributed by atoms with van der Waals surface area (Å²) in [5, 5.41) is 15.0. The highest BCUT2D eigenvalue weighted by Gasteiger charge is 2.26. The molecule has 1 saturated carbocycles. The molecule has 6 heteroatoms. The lowest BCUT2D eigenvalue weighted by molar-refractivity contribution is -0.112. The molecule has 1 aromatic heterocycles.